The molecule has 1 saturated carbocycles. The highest BCUT2D eigenvalue weighted by atomic mass is 127. The van der Waals surface area contributed by atoms with Crippen LogP contribution in [-0.2, 0) is 21.3 Å². The van der Waals surface area contributed by atoms with Crippen molar-refractivity contribution in [2.75, 3.05) is 33.4 Å². The SMILES string of the molecule is CCNC(=NCc1cccc(S(=O)(=O)NCCOC)c1)NCC1(CC)CCC1.I. The Morgan fingerprint density at radius 1 is 1.24 bits per heavy atom. The lowest BCUT2D eigenvalue weighted by Gasteiger charge is -2.41. The third-order valence-electron chi connectivity index (χ3n) is 5.37. The summed E-state index contributed by atoms with van der Waals surface area (Å²) in [6.07, 6.45) is 5.02. The van der Waals surface area contributed by atoms with Crippen molar-refractivity contribution in [1.82, 2.24) is 15.4 Å². The monoisotopic (exact) mass is 538 g/mol. The van der Waals surface area contributed by atoms with Gasteiger partial charge in [-0.15, -0.1) is 24.0 Å². The molecular weight excluding hydrogens is 503 g/mol. The largest absolute Gasteiger partial charge is 0.383 e. The van der Waals surface area contributed by atoms with Crippen LogP contribution in [0.3, 0.4) is 0 Å². The summed E-state index contributed by atoms with van der Waals surface area (Å²) < 4.78 is 32.1. The molecule has 0 radical (unpaired) electrons. The number of ether oxygens (including phenoxy) is 1. The third kappa shape index (κ3) is 8.03. The summed E-state index contributed by atoms with van der Waals surface area (Å²) in [7, 11) is -2.00. The van der Waals surface area contributed by atoms with E-state index in [0.717, 1.165) is 24.6 Å². The summed E-state index contributed by atoms with van der Waals surface area (Å²) in [5.74, 6) is 0.772. The molecule has 1 aliphatic rings. The first-order chi connectivity index (χ1) is 13.4. The third-order valence-corrected chi connectivity index (χ3v) is 6.82. The number of halogens is 1. The Labute approximate surface area is 192 Å². The first-order valence-corrected chi connectivity index (χ1v) is 11.5. The lowest BCUT2D eigenvalue weighted by Crippen LogP contribution is -2.46. The van der Waals surface area contributed by atoms with Gasteiger partial charge in [0.25, 0.3) is 0 Å². The fourth-order valence-electron chi connectivity index (χ4n) is 3.29. The lowest BCUT2D eigenvalue weighted by atomic mass is 9.67. The molecule has 0 unspecified atom stereocenters. The summed E-state index contributed by atoms with van der Waals surface area (Å²) in [5.41, 5.74) is 1.25. The van der Waals surface area contributed by atoms with Gasteiger partial charge in [0.2, 0.25) is 10.0 Å². The highest BCUT2D eigenvalue weighted by molar-refractivity contribution is 14.0. The van der Waals surface area contributed by atoms with E-state index in [1.165, 1.54) is 32.8 Å². The minimum absolute atomic E-state index is 0. The Morgan fingerprint density at radius 3 is 2.59 bits per heavy atom. The van der Waals surface area contributed by atoms with Crippen LogP contribution in [0.4, 0.5) is 0 Å². The van der Waals surface area contributed by atoms with E-state index in [4.69, 9.17) is 4.74 Å². The van der Waals surface area contributed by atoms with Crippen molar-refractivity contribution in [1.29, 1.82) is 0 Å². The van der Waals surface area contributed by atoms with Crippen molar-refractivity contribution in [3.8, 4) is 0 Å². The Hall–Kier alpha value is -0.910. The van der Waals surface area contributed by atoms with Gasteiger partial charge < -0.3 is 15.4 Å². The van der Waals surface area contributed by atoms with Crippen molar-refractivity contribution in [2.24, 2.45) is 10.4 Å². The summed E-state index contributed by atoms with van der Waals surface area (Å²) >= 11 is 0. The van der Waals surface area contributed by atoms with E-state index in [1.807, 2.05) is 13.0 Å². The molecule has 9 heteroatoms. The standard InChI is InChI=1S/C20H34N4O3S.HI/c1-4-20(10-7-11-20)16-23-19(21-5-2)22-15-17-8-6-9-18(14-17)28(25,26)24-12-13-27-3;/h6,8-9,14,24H,4-5,7,10-13,15-16H2,1-3H3,(H2,21,22,23);1H. The molecule has 0 amide bonds. The van der Waals surface area contributed by atoms with E-state index in [-0.39, 0.29) is 35.4 Å². The average molecular weight is 538 g/mol. The van der Waals surface area contributed by atoms with Gasteiger partial charge in [-0.1, -0.05) is 25.5 Å². The Bertz CT molecular complexity index is 746. The number of nitrogens with zero attached hydrogens (tertiary/aromatic N) is 1. The lowest BCUT2D eigenvalue weighted by molar-refractivity contribution is 0.131. The molecule has 1 aromatic carbocycles. The Morgan fingerprint density at radius 2 is 2.00 bits per heavy atom. The molecule has 1 aliphatic carbocycles. The molecule has 7 nitrogen and oxygen atoms in total. The number of methoxy groups -OCH3 is 1. The van der Waals surface area contributed by atoms with E-state index >= 15 is 0 Å². The van der Waals surface area contributed by atoms with Crippen LogP contribution < -0.4 is 15.4 Å². The van der Waals surface area contributed by atoms with Gasteiger partial charge in [0, 0.05) is 26.7 Å². The van der Waals surface area contributed by atoms with Gasteiger partial charge in [-0.05, 0) is 49.3 Å². The number of hydrogen-bond acceptors (Lipinski definition) is 4. The van der Waals surface area contributed by atoms with Gasteiger partial charge in [-0.25, -0.2) is 18.1 Å². The van der Waals surface area contributed by atoms with Crippen molar-refractivity contribution >= 4 is 40.0 Å². The zero-order chi connectivity index (χ0) is 20.5. The molecule has 2 rings (SSSR count). The second-order valence-electron chi connectivity index (χ2n) is 7.29. The average Bonchev–Trinajstić information content (AvgIpc) is 2.66. The molecule has 0 aromatic heterocycles. The van der Waals surface area contributed by atoms with Crippen LogP contribution >= 0.6 is 24.0 Å². The van der Waals surface area contributed by atoms with Crippen molar-refractivity contribution in [3.63, 3.8) is 0 Å². The molecule has 166 valence electrons. The van der Waals surface area contributed by atoms with E-state index in [0.29, 0.717) is 18.6 Å². The highest BCUT2D eigenvalue weighted by Gasteiger charge is 2.34. The van der Waals surface area contributed by atoms with Gasteiger partial charge in [-0.3, -0.25) is 0 Å². The first-order valence-electron chi connectivity index (χ1n) is 10.0. The topological polar surface area (TPSA) is 91.8 Å². The number of guanidine groups is 1. The molecule has 0 aliphatic heterocycles. The zero-order valence-corrected chi connectivity index (χ0v) is 20.8. The number of aliphatic imine (C=N–C) groups is 1. The summed E-state index contributed by atoms with van der Waals surface area (Å²) in [6.45, 7) is 6.98. The predicted molar refractivity (Wildman–Crippen MR) is 128 cm³/mol. The number of sulfonamides is 1. The molecule has 29 heavy (non-hydrogen) atoms. The van der Waals surface area contributed by atoms with E-state index in [9.17, 15) is 8.42 Å². The number of rotatable bonds is 11. The number of nitrogens with one attached hydrogen (secondary N) is 3. The number of hydrogen-bond donors (Lipinski definition) is 3. The van der Waals surface area contributed by atoms with Crippen LogP contribution in [0.2, 0.25) is 0 Å². The Balaban J connectivity index is 0.00000420. The number of benzene rings is 1. The smallest absolute Gasteiger partial charge is 0.240 e. The second kappa shape index (κ2) is 12.7. The Kier molecular flexibility index (Phi) is 11.4. The van der Waals surface area contributed by atoms with E-state index < -0.39 is 10.0 Å². The fourth-order valence-corrected chi connectivity index (χ4v) is 4.37. The van der Waals surface area contributed by atoms with Gasteiger partial charge in [-0.2, -0.15) is 0 Å². The minimum atomic E-state index is -3.54. The van der Waals surface area contributed by atoms with Crippen molar-refractivity contribution < 1.29 is 13.2 Å². The summed E-state index contributed by atoms with van der Waals surface area (Å²) in [4.78, 5) is 4.88. The molecule has 0 saturated heterocycles. The zero-order valence-electron chi connectivity index (χ0n) is 17.7. The van der Waals surface area contributed by atoms with Gasteiger partial charge in [0.1, 0.15) is 0 Å². The molecule has 3 N–H and O–H groups in total. The van der Waals surface area contributed by atoms with Crippen LogP contribution in [0.15, 0.2) is 34.2 Å². The van der Waals surface area contributed by atoms with E-state index in [1.54, 1.807) is 18.2 Å². The molecule has 0 bridgehead atoms. The van der Waals surface area contributed by atoms with Crippen molar-refractivity contribution in [2.45, 2.75) is 51.0 Å². The van der Waals surface area contributed by atoms with Crippen LogP contribution in [0.1, 0.15) is 45.1 Å². The van der Waals surface area contributed by atoms with Gasteiger partial charge in [0.05, 0.1) is 18.0 Å². The van der Waals surface area contributed by atoms with Crippen molar-refractivity contribution in [3.05, 3.63) is 29.8 Å². The maximum atomic E-state index is 12.4. The van der Waals surface area contributed by atoms with Gasteiger partial charge in [0.15, 0.2) is 5.96 Å². The molecule has 1 fully saturated rings. The van der Waals surface area contributed by atoms with Crippen LogP contribution in [0.25, 0.3) is 0 Å². The summed E-state index contributed by atoms with van der Waals surface area (Å²) in [5, 5.41) is 6.73. The quantitative estimate of drug-likeness (QED) is 0.175. The van der Waals surface area contributed by atoms with Crippen LogP contribution in [-0.4, -0.2) is 47.7 Å². The van der Waals surface area contributed by atoms with Gasteiger partial charge >= 0.3 is 0 Å². The highest BCUT2D eigenvalue weighted by Crippen LogP contribution is 2.42. The van der Waals surface area contributed by atoms with Crippen LogP contribution in [0.5, 0.6) is 0 Å². The normalized spacial score (nSPS) is 15.9. The molecule has 0 heterocycles. The first kappa shape index (κ1) is 26.1. The molecular formula is C20H35IN4O3S. The predicted octanol–water partition coefficient (Wildman–Crippen LogP) is 2.86. The molecule has 0 atom stereocenters. The maximum Gasteiger partial charge on any atom is 0.240 e. The molecule has 0 spiro atoms. The minimum Gasteiger partial charge on any atom is -0.383 e. The maximum absolute atomic E-state index is 12.4. The van der Waals surface area contributed by atoms with Crippen LogP contribution in [0, 0.1) is 5.41 Å². The van der Waals surface area contributed by atoms with E-state index in [2.05, 4.69) is 27.3 Å². The second-order valence-corrected chi connectivity index (χ2v) is 9.06. The summed E-state index contributed by atoms with van der Waals surface area (Å²) in [6, 6.07) is 6.90. The molecule has 1 aromatic rings. The fraction of sp³-hybridized carbons (Fsp3) is 0.650.